The molecule has 1 aromatic carbocycles. The Kier molecular flexibility index (Phi) is 6.17. The molecule has 0 saturated carbocycles. The molecule has 0 radical (unpaired) electrons. The summed E-state index contributed by atoms with van der Waals surface area (Å²) in [5.41, 5.74) is 3.18. The van der Waals surface area contributed by atoms with Crippen LogP contribution in [0.2, 0.25) is 0 Å². The molecule has 1 unspecified atom stereocenters. The largest absolute Gasteiger partial charge is 0.352 e. The van der Waals surface area contributed by atoms with Gasteiger partial charge in [-0.2, -0.15) is 0 Å². The first kappa shape index (κ1) is 19.8. The van der Waals surface area contributed by atoms with Crippen molar-refractivity contribution in [2.45, 2.75) is 19.0 Å². The number of hydrogen-bond donors (Lipinski definition) is 2. The van der Waals surface area contributed by atoms with Crippen LogP contribution in [0.4, 0.5) is 10.2 Å². The number of anilines is 1. The molecule has 1 fully saturated rings. The second-order valence-electron chi connectivity index (χ2n) is 7.23. The van der Waals surface area contributed by atoms with Crippen LogP contribution >= 0.6 is 0 Å². The maximum absolute atomic E-state index is 14.0. The first-order chi connectivity index (χ1) is 14.7. The lowest BCUT2D eigenvalue weighted by atomic mass is 10.1. The van der Waals surface area contributed by atoms with Gasteiger partial charge in [0, 0.05) is 50.7 Å². The Morgan fingerprint density at radius 1 is 1.13 bits per heavy atom. The van der Waals surface area contributed by atoms with Crippen molar-refractivity contribution in [3.63, 3.8) is 0 Å². The lowest BCUT2D eigenvalue weighted by Crippen LogP contribution is -2.44. The number of hydrogen-bond acceptors (Lipinski definition) is 4. The van der Waals surface area contributed by atoms with Crippen LogP contribution in [-0.2, 0) is 6.54 Å². The summed E-state index contributed by atoms with van der Waals surface area (Å²) in [7, 11) is 1.75. The van der Waals surface area contributed by atoms with Gasteiger partial charge in [0.15, 0.2) is 17.6 Å². The minimum Gasteiger partial charge on any atom is -0.352 e. The molecule has 1 saturated heterocycles. The van der Waals surface area contributed by atoms with Crippen molar-refractivity contribution in [1.29, 1.82) is 0 Å². The molecule has 3 heterocycles. The Balaban J connectivity index is 1.33. The summed E-state index contributed by atoms with van der Waals surface area (Å²) in [6, 6.07) is 17.4. The summed E-state index contributed by atoms with van der Waals surface area (Å²) in [5, 5.41) is 6.80. The Hall–Kier alpha value is -3.48. The van der Waals surface area contributed by atoms with Crippen molar-refractivity contribution in [2.24, 2.45) is 4.99 Å². The average Bonchev–Trinajstić information content (AvgIpc) is 3.26. The van der Waals surface area contributed by atoms with E-state index < -0.39 is 0 Å². The second-order valence-corrected chi connectivity index (χ2v) is 7.23. The van der Waals surface area contributed by atoms with E-state index in [1.165, 1.54) is 6.07 Å². The van der Waals surface area contributed by atoms with Crippen LogP contribution in [0.15, 0.2) is 72.0 Å². The third-order valence-corrected chi connectivity index (χ3v) is 5.14. The van der Waals surface area contributed by atoms with Crippen LogP contribution in [0.25, 0.3) is 11.3 Å². The van der Waals surface area contributed by atoms with Gasteiger partial charge in [-0.05, 0) is 42.3 Å². The number of rotatable bonds is 5. The Morgan fingerprint density at radius 3 is 2.83 bits per heavy atom. The number of guanidine groups is 1. The number of nitrogens with zero attached hydrogens (tertiary/aromatic N) is 4. The highest BCUT2D eigenvalue weighted by Crippen LogP contribution is 2.21. The van der Waals surface area contributed by atoms with Gasteiger partial charge >= 0.3 is 0 Å². The zero-order valence-corrected chi connectivity index (χ0v) is 16.9. The molecule has 7 heteroatoms. The summed E-state index contributed by atoms with van der Waals surface area (Å²) in [6.45, 7) is 2.09. The van der Waals surface area contributed by atoms with Crippen molar-refractivity contribution in [1.82, 2.24) is 20.6 Å². The fraction of sp³-hybridized carbons (Fsp3) is 0.261. The van der Waals surface area contributed by atoms with Gasteiger partial charge in [0.1, 0.15) is 0 Å². The van der Waals surface area contributed by atoms with E-state index in [2.05, 4.69) is 43.8 Å². The van der Waals surface area contributed by atoms with Gasteiger partial charge in [0.2, 0.25) is 0 Å². The van der Waals surface area contributed by atoms with E-state index in [-0.39, 0.29) is 11.9 Å². The summed E-state index contributed by atoms with van der Waals surface area (Å²) < 4.78 is 14.0. The van der Waals surface area contributed by atoms with E-state index in [4.69, 9.17) is 0 Å². The Bertz CT molecular complexity index is 1010. The maximum Gasteiger partial charge on any atom is 0.191 e. The minimum absolute atomic E-state index is 0.178. The van der Waals surface area contributed by atoms with Crippen LogP contribution in [0.1, 0.15) is 12.0 Å². The van der Waals surface area contributed by atoms with Crippen LogP contribution in [0, 0.1) is 5.82 Å². The molecule has 0 spiro atoms. The van der Waals surface area contributed by atoms with Gasteiger partial charge in [-0.25, -0.2) is 9.37 Å². The lowest BCUT2D eigenvalue weighted by Gasteiger charge is -2.20. The summed E-state index contributed by atoms with van der Waals surface area (Å²) in [5.74, 6) is 0.858. The fourth-order valence-corrected chi connectivity index (χ4v) is 3.63. The molecule has 2 N–H and O–H groups in total. The number of nitrogens with one attached hydrogen (secondary N) is 2. The van der Waals surface area contributed by atoms with E-state index in [0.29, 0.717) is 18.9 Å². The van der Waals surface area contributed by atoms with Crippen LogP contribution < -0.4 is 15.5 Å². The lowest BCUT2D eigenvalue weighted by molar-refractivity contribution is 0.612. The quantitative estimate of drug-likeness (QED) is 0.505. The third kappa shape index (κ3) is 4.74. The average molecular weight is 404 g/mol. The van der Waals surface area contributed by atoms with Crippen molar-refractivity contribution in [3.8, 4) is 11.3 Å². The van der Waals surface area contributed by atoms with Crippen molar-refractivity contribution < 1.29 is 4.39 Å². The SMILES string of the molecule is CN=C(NCc1cccc(-c2ccccn2)c1)NC1CCN(c2ncccc2F)C1. The van der Waals surface area contributed by atoms with Gasteiger partial charge in [0.05, 0.1) is 5.69 Å². The summed E-state index contributed by atoms with van der Waals surface area (Å²) in [6.07, 6.45) is 4.32. The molecule has 3 aromatic rings. The highest BCUT2D eigenvalue weighted by Gasteiger charge is 2.25. The second kappa shape index (κ2) is 9.35. The topological polar surface area (TPSA) is 65.4 Å². The minimum atomic E-state index is -0.284. The standard InChI is InChI=1S/C23H25FN6/c1-25-23(29-19-10-13-30(16-19)22-20(24)8-5-12-27-22)28-15-17-6-4-7-18(14-17)21-9-2-3-11-26-21/h2-9,11-12,14,19H,10,13,15-16H2,1H3,(H2,25,28,29). The van der Waals surface area contributed by atoms with Gasteiger partial charge < -0.3 is 15.5 Å². The predicted octanol–water partition coefficient (Wildman–Crippen LogP) is 3.23. The Morgan fingerprint density at radius 2 is 2.03 bits per heavy atom. The smallest absolute Gasteiger partial charge is 0.191 e. The van der Waals surface area contributed by atoms with Crippen LogP contribution in [-0.4, -0.2) is 42.1 Å². The molecule has 0 bridgehead atoms. The van der Waals surface area contributed by atoms with E-state index in [1.807, 2.05) is 29.2 Å². The molecular weight excluding hydrogens is 379 g/mol. The first-order valence-corrected chi connectivity index (χ1v) is 10.1. The molecule has 0 amide bonds. The molecule has 30 heavy (non-hydrogen) atoms. The normalized spacial score (nSPS) is 16.5. The molecule has 154 valence electrons. The molecule has 1 atom stereocenters. The zero-order valence-electron chi connectivity index (χ0n) is 16.9. The van der Waals surface area contributed by atoms with Crippen LogP contribution in [0.5, 0.6) is 0 Å². The monoisotopic (exact) mass is 404 g/mol. The maximum atomic E-state index is 14.0. The highest BCUT2D eigenvalue weighted by molar-refractivity contribution is 5.80. The van der Waals surface area contributed by atoms with Crippen molar-refractivity contribution >= 4 is 11.8 Å². The third-order valence-electron chi connectivity index (χ3n) is 5.14. The number of aromatic nitrogens is 2. The molecule has 1 aliphatic heterocycles. The van der Waals surface area contributed by atoms with Crippen molar-refractivity contribution in [3.05, 3.63) is 78.4 Å². The molecule has 4 rings (SSSR count). The van der Waals surface area contributed by atoms with Gasteiger partial charge in [-0.3, -0.25) is 9.98 Å². The van der Waals surface area contributed by atoms with Crippen LogP contribution in [0.3, 0.4) is 0 Å². The summed E-state index contributed by atoms with van der Waals surface area (Å²) in [4.78, 5) is 14.9. The molecule has 0 aliphatic carbocycles. The van der Waals surface area contributed by atoms with E-state index in [0.717, 1.165) is 35.7 Å². The molecule has 1 aliphatic rings. The van der Waals surface area contributed by atoms with Gasteiger partial charge in [-0.15, -0.1) is 0 Å². The van der Waals surface area contributed by atoms with Gasteiger partial charge in [0.25, 0.3) is 0 Å². The number of aliphatic imine (C=N–C) groups is 1. The number of halogens is 1. The van der Waals surface area contributed by atoms with E-state index >= 15 is 0 Å². The number of benzene rings is 1. The molecule has 6 nitrogen and oxygen atoms in total. The molecular formula is C23H25FN6. The predicted molar refractivity (Wildman–Crippen MR) is 118 cm³/mol. The van der Waals surface area contributed by atoms with E-state index in [1.54, 1.807) is 25.5 Å². The van der Waals surface area contributed by atoms with Gasteiger partial charge in [-0.1, -0.05) is 24.3 Å². The molecule has 2 aromatic heterocycles. The van der Waals surface area contributed by atoms with E-state index in [9.17, 15) is 4.39 Å². The van der Waals surface area contributed by atoms with Crippen molar-refractivity contribution in [2.75, 3.05) is 25.0 Å². The first-order valence-electron chi connectivity index (χ1n) is 10.1. The Labute approximate surface area is 175 Å². The summed E-state index contributed by atoms with van der Waals surface area (Å²) >= 11 is 0. The zero-order chi connectivity index (χ0) is 20.8. The highest BCUT2D eigenvalue weighted by atomic mass is 19.1. The number of pyridine rings is 2. The fourth-order valence-electron chi connectivity index (χ4n) is 3.63.